The average Bonchev–Trinajstić information content (AvgIpc) is 3.15. The van der Waals surface area contributed by atoms with Crippen molar-refractivity contribution in [1.82, 2.24) is 24.8 Å². The van der Waals surface area contributed by atoms with Crippen LogP contribution in [-0.2, 0) is 9.53 Å². The molecule has 2 aromatic heterocycles. The fraction of sp³-hybridized carbons (Fsp3) is 0.571. The van der Waals surface area contributed by atoms with Crippen LogP contribution in [0.2, 0.25) is 4.82 Å². The number of fused-ring (bicyclic) bond motifs is 1. The third kappa shape index (κ3) is 3.66. The molecule has 1 fully saturated rings. The van der Waals surface area contributed by atoms with Crippen molar-refractivity contribution >= 4 is 51.6 Å². The van der Waals surface area contributed by atoms with E-state index in [2.05, 4.69) is 48.9 Å². The molecule has 3 rings (SSSR count). The second-order valence-corrected chi connectivity index (χ2v) is 7.50. The summed E-state index contributed by atoms with van der Waals surface area (Å²) in [5.74, 6) is -0.263. The SMILES string of the molecule is Nc1ncnc2c1ncn2[C@@H]1O[C@H](CNC(CCS)C(=O)O)[C@@H](O)[C@H]1[Se]. The molecule has 141 valence electrons. The van der Waals surface area contributed by atoms with Crippen LogP contribution in [0.4, 0.5) is 5.82 Å². The molecule has 1 aliphatic heterocycles. The number of aliphatic carboxylic acids is 1. The average molecular weight is 446 g/mol. The predicted octanol–water partition coefficient (Wildman–Crippen LogP) is -1.01. The summed E-state index contributed by atoms with van der Waals surface area (Å²) in [7, 11) is 0. The van der Waals surface area contributed by atoms with Gasteiger partial charge in [0, 0.05) is 0 Å². The van der Waals surface area contributed by atoms with Gasteiger partial charge in [-0.3, -0.25) is 0 Å². The van der Waals surface area contributed by atoms with Crippen LogP contribution >= 0.6 is 12.6 Å². The molecule has 3 heterocycles. The summed E-state index contributed by atoms with van der Waals surface area (Å²) in [4.78, 5) is 23.1. The van der Waals surface area contributed by atoms with Crippen molar-refractivity contribution in [2.24, 2.45) is 0 Å². The van der Waals surface area contributed by atoms with Crippen LogP contribution < -0.4 is 11.1 Å². The number of carbonyl (C=O) groups is 1. The number of aliphatic hydroxyl groups excluding tert-OH is 1. The van der Waals surface area contributed by atoms with Gasteiger partial charge in [0.05, 0.1) is 0 Å². The third-order valence-corrected chi connectivity index (χ3v) is 5.59. The Labute approximate surface area is 162 Å². The zero-order valence-electron chi connectivity index (χ0n) is 13.6. The number of anilines is 1. The van der Waals surface area contributed by atoms with Crippen LogP contribution in [0.25, 0.3) is 11.2 Å². The molecule has 26 heavy (non-hydrogen) atoms. The standard InChI is InChI=1S/C14H19N6O4SSe/c15-11-8-12(18-4-17-11)20(5-19-8)13-10(26)9(21)7(24-13)3-16-6(1-2-25)14(22)23/h4-7,9-10,13,16,21,25H,1-3H2,(H,22,23)(H2,15,17,18)/t6?,7-,9-,10-,13-/m1/s1. The van der Waals surface area contributed by atoms with Crippen LogP contribution in [0, 0.1) is 0 Å². The molecular formula is C14H19N6O4SSe. The van der Waals surface area contributed by atoms with E-state index in [1.165, 1.54) is 12.7 Å². The number of aliphatic hydroxyl groups is 1. The first-order valence-electron chi connectivity index (χ1n) is 7.93. The maximum absolute atomic E-state index is 11.2. The number of aromatic nitrogens is 4. The van der Waals surface area contributed by atoms with Gasteiger partial charge in [-0.15, -0.1) is 0 Å². The van der Waals surface area contributed by atoms with Gasteiger partial charge in [0.25, 0.3) is 0 Å². The van der Waals surface area contributed by atoms with Crippen LogP contribution in [-0.4, -0.2) is 82.3 Å². The Balaban J connectivity index is 1.75. The second kappa shape index (κ2) is 8.07. The van der Waals surface area contributed by atoms with Crippen molar-refractivity contribution in [1.29, 1.82) is 0 Å². The van der Waals surface area contributed by atoms with E-state index < -0.39 is 30.4 Å². The molecule has 12 heteroatoms. The van der Waals surface area contributed by atoms with Gasteiger partial charge in [0.2, 0.25) is 0 Å². The van der Waals surface area contributed by atoms with Crippen molar-refractivity contribution < 1.29 is 19.7 Å². The Bertz CT molecular complexity index is 792. The molecule has 0 aliphatic carbocycles. The number of thiol groups is 1. The van der Waals surface area contributed by atoms with E-state index in [9.17, 15) is 15.0 Å². The molecular weight excluding hydrogens is 427 g/mol. The van der Waals surface area contributed by atoms with E-state index in [1.807, 2.05) is 0 Å². The molecule has 0 bridgehead atoms. The normalized spacial score (nSPS) is 27.0. The first kappa shape index (κ1) is 19.3. The maximum atomic E-state index is 11.2. The van der Waals surface area contributed by atoms with Gasteiger partial charge in [0.1, 0.15) is 0 Å². The molecule has 1 unspecified atom stereocenters. The molecule has 0 amide bonds. The number of nitrogens with two attached hydrogens (primary N) is 1. The van der Waals surface area contributed by atoms with Gasteiger partial charge in [-0.1, -0.05) is 0 Å². The van der Waals surface area contributed by atoms with Crippen LogP contribution in [0.15, 0.2) is 12.7 Å². The Morgan fingerprint density at radius 2 is 2.27 bits per heavy atom. The molecule has 0 spiro atoms. The molecule has 1 aliphatic rings. The number of carboxylic acids is 1. The van der Waals surface area contributed by atoms with Crippen LogP contribution in [0.1, 0.15) is 12.6 Å². The first-order valence-corrected chi connectivity index (χ1v) is 9.55. The first-order chi connectivity index (χ1) is 12.4. The molecule has 1 radical (unpaired) electrons. The number of nitrogen functional groups attached to an aromatic ring is 1. The second-order valence-electron chi connectivity index (χ2n) is 5.91. The van der Waals surface area contributed by atoms with Gasteiger partial charge in [-0.05, 0) is 0 Å². The number of nitrogens with one attached hydrogen (secondary N) is 1. The summed E-state index contributed by atoms with van der Waals surface area (Å²) in [5, 5.41) is 22.6. The van der Waals surface area contributed by atoms with Gasteiger partial charge in [-0.2, -0.15) is 0 Å². The third-order valence-electron chi connectivity index (χ3n) is 4.26. The van der Waals surface area contributed by atoms with E-state index in [4.69, 9.17) is 10.5 Å². The zero-order chi connectivity index (χ0) is 18.8. The van der Waals surface area contributed by atoms with E-state index in [1.54, 1.807) is 4.57 Å². The van der Waals surface area contributed by atoms with Gasteiger partial charge < -0.3 is 0 Å². The summed E-state index contributed by atoms with van der Waals surface area (Å²) in [6, 6.07) is -0.747. The Kier molecular flexibility index (Phi) is 6.00. The molecule has 0 aromatic carbocycles. The predicted molar refractivity (Wildman–Crippen MR) is 97.1 cm³/mol. The number of hydrogen-bond donors (Lipinski definition) is 5. The van der Waals surface area contributed by atoms with Gasteiger partial charge in [-0.25, -0.2) is 0 Å². The van der Waals surface area contributed by atoms with E-state index in [0.717, 1.165) is 0 Å². The van der Waals surface area contributed by atoms with Gasteiger partial charge in [0.15, 0.2) is 0 Å². The minimum absolute atomic E-state index is 0.185. The number of hydrogen-bond acceptors (Lipinski definition) is 9. The topological polar surface area (TPSA) is 148 Å². The summed E-state index contributed by atoms with van der Waals surface area (Å²) < 4.78 is 7.63. The quantitative estimate of drug-likeness (QED) is 0.266. The van der Waals surface area contributed by atoms with Crippen LogP contribution in [0.3, 0.4) is 0 Å². The number of carboxylic acid groups (broad SMARTS) is 1. The fourth-order valence-corrected chi connectivity index (χ4v) is 3.90. The summed E-state index contributed by atoms with van der Waals surface area (Å²) in [6.07, 6.45) is 1.27. The Hall–Kier alpha value is -1.43. The number of ether oxygens (including phenoxy) is 1. The Morgan fingerprint density at radius 1 is 1.50 bits per heavy atom. The van der Waals surface area contributed by atoms with Crippen molar-refractivity contribution in [2.75, 3.05) is 18.0 Å². The van der Waals surface area contributed by atoms with Crippen molar-refractivity contribution in [3.8, 4) is 0 Å². The molecule has 1 saturated heterocycles. The van der Waals surface area contributed by atoms with Gasteiger partial charge >= 0.3 is 163 Å². The molecule has 0 saturated carbocycles. The molecule has 10 nitrogen and oxygen atoms in total. The van der Waals surface area contributed by atoms with Crippen molar-refractivity contribution in [3.05, 3.63) is 12.7 Å². The van der Waals surface area contributed by atoms with E-state index in [-0.39, 0.29) is 17.2 Å². The van der Waals surface area contributed by atoms with Crippen molar-refractivity contribution in [2.45, 2.75) is 35.7 Å². The summed E-state index contributed by atoms with van der Waals surface area (Å²) >= 11 is 6.98. The molecule has 2 aromatic rings. The Morgan fingerprint density at radius 3 is 2.96 bits per heavy atom. The zero-order valence-corrected chi connectivity index (χ0v) is 16.2. The van der Waals surface area contributed by atoms with Crippen LogP contribution in [0.5, 0.6) is 0 Å². The number of nitrogens with zero attached hydrogens (tertiary/aromatic N) is 4. The monoisotopic (exact) mass is 447 g/mol. The summed E-state index contributed by atoms with van der Waals surface area (Å²) in [5.41, 5.74) is 6.76. The van der Waals surface area contributed by atoms with E-state index >= 15 is 0 Å². The number of rotatable bonds is 7. The number of imidazole rings is 1. The summed E-state index contributed by atoms with van der Waals surface area (Å²) in [6.45, 7) is 0.185. The minimum atomic E-state index is -0.963. The fourth-order valence-electron chi connectivity index (χ4n) is 2.87. The molecule has 5 N–H and O–H groups in total. The van der Waals surface area contributed by atoms with E-state index in [0.29, 0.717) is 23.3 Å². The molecule has 5 atom stereocenters. The van der Waals surface area contributed by atoms with Crippen molar-refractivity contribution in [3.63, 3.8) is 0 Å².